The number of hydrogen-bond donors (Lipinski definition) is 0. The van der Waals surface area contributed by atoms with Crippen LogP contribution < -0.4 is 0 Å². The highest BCUT2D eigenvalue weighted by molar-refractivity contribution is 6.36. The molecule has 0 radical (unpaired) electrons. The highest BCUT2D eigenvalue weighted by Gasteiger charge is 2.20. The van der Waals surface area contributed by atoms with E-state index in [1.165, 1.54) is 54.1 Å². The molecule has 0 fully saturated rings. The molecule has 0 N–H and O–H groups in total. The lowest BCUT2D eigenvalue weighted by molar-refractivity contribution is 1.07. The van der Waals surface area contributed by atoms with Crippen molar-refractivity contribution in [2.24, 2.45) is 0 Å². The van der Waals surface area contributed by atoms with Gasteiger partial charge in [0.1, 0.15) is 0 Å². The van der Waals surface area contributed by atoms with Gasteiger partial charge in [-0.25, -0.2) is 15.0 Å². The SMILES string of the molecule is c1ccc(-c2nc(-c3ccccc3)nc(-c3ccc(-n4c5ccccc5c5c6ccc7ccccc7c6c6ccccc6c54)cc3)n2)cc1. The Bertz CT molecular complexity index is 2800. The molecule has 0 saturated carbocycles. The van der Waals surface area contributed by atoms with Crippen LogP contribution in [0.1, 0.15) is 0 Å². The van der Waals surface area contributed by atoms with Crippen LogP contribution in [0.4, 0.5) is 0 Å². The average Bonchev–Trinajstić information content (AvgIpc) is 3.54. The lowest BCUT2D eigenvalue weighted by Crippen LogP contribution is -2.00. The molecule has 0 atom stereocenters. The summed E-state index contributed by atoms with van der Waals surface area (Å²) in [4.78, 5) is 14.8. The highest BCUT2D eigenvalue weighted by Crippen LogP contribution is 2.44. The standard InChI is InChI=1S/C45H28N4/c1-3-14-30(15-4-1)43-46-44(31-16-5-2-6-17-31)48-45(47-43)32-23-26-33(27-24-32)49-39-22-12-11-21-37(39)41-38-28-25-29-13-7-8-18-34(29)40(38)35-19-9-10-20-36(35)42(41)49/h1-28H. The summed E-state index contributed by atoms with van der Waals surface area (Å²) < 4.78 is 2.42. The number of para-hydroxylation sites is 1. The van der Waals surface area contributed by atoms with Gasteiger partial charge in [0.25, 0.3) is 0 Å². The van der Waals surface area contributed by atoms with E-state index in [-0.39, 0.29) is 0 Å². The van der Waals surface area contributed by atoms with E-state index in [0.29, 0.717) is 17.5 Å². The van der Waals surface area contributed by atoms with Gasteiger partial charge in [-0.3, -0.25) is 0 Å². The smallest absolute Gasteiger partial charge is 0.164 e. The van der Waals surface area contributed by atoms with Crippen molar-refractivity contribution in [1.82, 2.24) is 19.5 Å². The maximum atomic E-state index is 4.96. The van der Waals surface area contributed by atoms with Crippen molar-refractivity contribution in [3.8, 4) is 39.9 Å². The van der Waals surface area contributed by atoms with Crippen LogP contribution in [-0.2, 0) is 0 Å². The molecule has 10 rings (SSSR count). The normalized spacial score (nSPS) is 11.7. The minimum Gasteiger partial charge on any atom is -0.309 e. The van der Waals surface area contributed by atoms with Gasteiger partial charge in [0.05, 0.1) is 11.0 Å². The van der Waals surface area contributed by atoms with Crippen molar-refractivity contribution in [2.45, 2.75) is 0 Å². The van der Waals surface area contributed by atoms with E-state index in [2.05, 4.69) is 114 Å². The Balaban J connectivity index is 1.21. The molecule has 49 heavy (non-hydrogen) atoms. The first-order chi connectivity index (χ1) is 24.3. The zero-order valence-corrected chi connectivity index (χ0v) is 26.5. The Morgan fingerprint density at radius 3 is 1.49 bits per heavy atom. The molecule has 0 saturated heterocycles. The molecule has 0 unspecified atom stereocenters. The van der Waals surface area contributed by atoms with E-state index < -0.39 is 0 Å². The zero-order chi connectivity index (χ0) is 32.3. The Morgan fingerprint density at radius 1 is 0.327 bits per heavy atom. The third-order valence-corrected chi connectivity index (χ3v) is 9.61. The molecule has 0 aliphatic carbocycles. The molecule has 0 spiro atoms. The van der Waals surface area contributed by atoms with Crippen molar-refractivity contribution in [1.29, 1.82) is 0 Å². The average molecular weight is 625 g/mol. The second-order valence-electron chi connectivity index (χ2n) is 12.4. The Labute approximate surface area is 282 Å². The van der Waals surface area contributed by atoms with Gasteiger partial charge in [-0.15, -0.1) is 0 Å². The van der Waals surface area contributed by atoms with Crippen LogP contribution >= 0.6 is 0 Å². The number of hydrogen-bond acceptors (Lipinski definition) is 3. The van der Waals surface area contributed by atoms with Crippen LogP contribution in [-0.4, -0.2) is 19.5 Å². The second kappa shape index (κ2) is 11.0. The quantitative estimate of drug-likeness (QED) is 0.183. The number of rotatable bonds is 4. The molecular formula is C45H28N4. The van der Waals surface area contributed by atoms with Crippen molar-refractivity contribution < 1.29 is 0 Å². The van der Waals surface area contributed by atoms with Gasteiger partial charge in [0.15, 0.2) is 17.5 Å². The highest BCUT2D eigenvalue weighted by atomic mass is 15.0. The molecular weight excluding hydrogens is 597 g/mol. The molecule has 4 nitrogen and oxygen atoms in total. The number of nitrogens with zero attached hydrogens (tertiary/aromatic N) is 4. The van der Waals surface area contributed by atoms with E-state index in [0.717, 1.165) is 22.4 Å². The predicted molar refractivity (Wildman–Crippen MR) is 203 cm³/mol. The van der Waals surface area contributed by atoms with Crippen LogP contribution in [0.2, 0.25) is 0 Å². The van der Waals surface area contributed by atoms with Gasteiger partial charge in [-0.2, -0.15) is 0 Å². The van der Waals surface area contributed by atoms with Crippen molar-refractivity contribution >= 4 is 54.1 Å². The first kappa shape index (κ1) is 27.5. The summed E-state index contributed by atoms with van der Waals surface area (Å²) in [5.41, 5.74) is 6.32. The number of aromatic nitrogens is 4. The minimum atomic E-state index is 0.643. The Morgan fingerprint density at radius 2 is 0.837 bits per heavy atom. The van der Waals surface area contributed by atoms with Crippen LogP contribution in [0.15, 0.2) is 170 Å². The Kier molecular flexibility index (Phi) is 6.15. The first-order valence-electron chi connectivity index (χ1n) is 16.5. The molecule has 10 aromatic rings. The fraction of sp³-hybridized carbons (Fsp3) is 0. The topological polar surface area (TPSA) is 43.6 Å². The molecule has 0 amide bonds. The predicted octanol–water partition coefficient (Wildman–Crippen LogP) is 11.4. The van der Waals surface area contributed by atoms with E-state index in [1.807, 2.05) is 60.7 Å². The van der Waals surface area contributed by atoms with E-state index in [4.69, 9.17) is 15.0 Å². The summed E-state index contributed by atoms with van der Waals surface area (Å²) in [5.74, 6) is 1.95. The van der Waals surface area contributed by atoms with Crippen LogP contribution in [0, 0.1) is 0 Å². The lowest BCUT2D eigenvalue weighted by atomic mass is 9.93. The van der Waals surface area contributed by atoms with E-state index in [1.54, 1.807) is 0 Å². The largest absolute Gasteiger partial charge is 0.309 e. The summed E-state index contributed by atoms with van der Waals surface area (Å²) >= 11 is 0. The van der Waals surface area contributed by atoms with Crippen LogP contribution in [0.5, 0.6) is 0 Å². The Hall–Kier alpha value is -6.65. The van der Waals surface area contributed by atoms with Crippen molar-refractivity contribution in [2.75, 3.05) is 0 Å². The summed E-state index contributed by atoms with van der Waals surface area (Å²) in [6, 6.07) is 59.7. The zero-order valence-electron chi connectivity index (χ0n) is 26.5. The third-order valence-electron chi connectivity index (χ3n) is 9.61. The summed E-state index contributed by atoms with van der Waals surface area (Å²) in [6.07, 6.45) is 0. The number of fused-ring (bicyclic) bond motifs is 10. The van der Waals surface area contributed by atoms with Gasteiger partial charge in [0.2, 0.25) is 0 Å². The fourth-order valence-electron chi connectivity index (χ4n) is 7.41. The van der Waals surface area contributed by atoms with Gasteiger partial charge >= 0.3 is 0 Å². The summed E-state index contributed by atoms with van der Waals surface area (Å²) in [7, 11) is 0. The maximum Gasteiger partial charge on any atom is 0.164 e. The third kappa shape index (κ3) is 4.35. The number of benzene rings is 8. The molecule has 228 valence electrons. The van der Waals surface area contributed by atoms with Crippen LogP contribution in [0.3, 0.4) is 0 Å². The molecule has 8 aromatic carbocycles. The summed E-state index contributed by atoms with van der Waals surface area (Å²) in [6.45, 7) is 0. The molecule has 4 heteroatoms. The summed E-state index contributed by atoms with van der Waals surface area (Å²) in [5, 5.41) is 10.1. The molecule has 0 aliphatic heterocycles. The van der Waals surface area contributed by atoms with Gasteiger partial charge < -0.3 is 4.57 Å². The van der Waals surface area contributed by atoms with Gasteiger partial charge in [-0.05, 0) is 57.3 Å². The lowest BCUT2D eigenvalue weighted by Gasteiger charge is -2.14. The monoisotopic (exact) mass is 624 g/mol. The van der Waals surface area contributed by atoms with Crippen LogP contribution in [0.25, 0.3) is 94.0 Å². The van der Waals surface area contributed by atoms with Crippen molar-refractivity contribution in [3.05, 3.63) is 170 Å². The van der Waals surface area contributed by atoms with E-state index in [9.17, 15) is 0 Å². The second-order valence-corrected chi connectivity index (χ2v) is 12.4. The molecule has 0 aliphatic rings. The molecule has 0 bridgehead atoms. The maximum absolute atomic E-state index is 4.96. The first-order valence-corrected chi connectivity index (χ1v) is 16.5. The molecule has 2 aromatic heterocycles. The molecule has 2 heterocycles. The van der Waals surface area contributed by atoms with Gasteiger partial charge in [-0.1, -0.05) is 140 Å². The minimum absolute atomic E-state index is 0.643. The van der Waals surface area contributed by atoms with Gasteiger partial charge in [0, 0.05) is 38.5 Å². The fourth-order valence-corrected chi connectivity index (χ4v) is 7.41. The van der Waals surface area contributed by atoms with Crippen molar-refractivity contribution in [3.63, 3.8) is 0 Å². The van der Waals surface area contributed by atoms with E-state index >= 15 is 0 Å².